The van der Waals surface area contributed by atoms with Gasteiger partial charge in [-0.05, 0) is 64.2 Å². The van der Waals surface area contributed by atoms with E-state index in [4.69, 9.17) is 9.84 Å². The average Bonchev–Trinajstić information content (AvgIpc) is 3.04. The number of carboxylic acid groups (broad SMARTS) is 1. The first kappa shape index (κ1) is 44.7. The minimum atomic E-state index is -0.677. The van der Waals surface area contributed by atoms with Crippen LogP contribution in [0.5, 0.6) is 0 Å². The lowest BCUT2D eigenvalue weighted by atomic mass is 10.0. The third-order valence-corrected chi connectivity index (χ3v) is 9.49. The Morgan fingerprint density at radius 1 is 0.457 bits per heavy atom. The number of hydrogen-bond donors (Lipinski definition) is 1. The van der Waals surface area contributed by atoms with Crippen LogP contribution in [-0.4, -0.2) is 23.1 Å². The van der Waals surface area contributed by atoms with Crippen molar-refractivity contribution in [3.05, 3.63) is 12.2 Å². The molecule has 0 aliphatic heterocycles. The smallest absolute Gasteiger partial charge is 0.306 e. The second kappa shape index (κ2) is 38.1. The van der Waals surface area contributed by atoms with Gasteiger partial charge < -0.3 is 9.84 Å². The summed E-state index contributed by atoms with van der Waals surface area (Å²) in [5, 5.41) is 8.67. The van der Waals surface area contributed by atoms with Crippen LogP contribution in [0.1, 0.15) is 239 Å². The summed E-state index contributed by atoms with van der Waals surface area (Å²) in [4.78, 5) is 23.2. The maximum absolute atomic E-state index is 12.7. The summed E-state index contributed by atoms with van der Waals surface area (Å²) in [6, 6.07) is 0. The molecular weight excluding hydrogens is 568 g/mol. The number of carbonyl (C=O) groups excluding carboxylic acids is 1. The molecule has 0 spiro atoms. The van der Waals surface area contributed by atoms with Crippen LogP contribution in [0.2, 0.25) is 0 Å². The van der Waals surface area contributed by atoms with Crippen LogP contribution in [0.25, 0.3) is 0 Å². The number of carboxylic acids is 1. The van der Waals surface area contributed by atoms with Crippen molar-refractivity contribution in [1.82, 2.24) is 0 Å². The van der Waals surface area contributed by atoms with Gasteiger partial charge in [-0.25, -0.2) is 0 Å². The number of ether oxygens (including phenoxy) is 1. The van der Waals surface area contributed by atoms with Crippen LogP contribution in [-0.2, 0) is 14.3 Å². The van der Waals surface area contributed by atoms with Crippen molar-refractivity contribution < 1.29 is 19.4 Å². The van der Waals surface area contributed by atoms with Crippen LogP contribution in [0.15, 0.2) is 12.2 Å². The SMILES string of the molecule is CCCCCCCCCCCCC(CCCCCCCCCCC)OC(=O)CCCCCCCC=CCCCCCCCC(=O)O. The second-order valence-electron chi connectivity index (χ2n) is 14.2. The molecule has 0 amide bonds. The van der Waals surface area contributed by atoms with Crippen molar-refractivity contribution in [3.8, 4) is 0 Å². The van der Waals surface area contributed by atoms with Crippen molar-refractivity contribution in [3.63, 3.8) is 0 Å². The van der Waals surface area contributed by atoms with Gasteiger partial charge in [0.05, 0.1) is 0 Å². The first-order valence-corrected chi connectivity index (χ1v) is 20.7. The summed E-state index contributed by atoms with van der Waals surface area (Å²) >= 11 is 0. The topological polar surface area (TPSA) is 63.6 Å². The monoisotopic (exact) mass is 649 g/mol. The van der Waals surface area contributed by atoms with Crippen molar-refractivity contribution in [2.75, 3.05) is 0 Å². The molecule has 0 heterocycles. The molecule has 1 atom stereocenters. The zero-order valence-corrected chi connectivity index (χ0v) is 31.2. The summed E-state index contributed by atoms with van der Waals surface area (Å²) in [5.74, 6) is -0.638. The molecule has 1 unspecified atom stereocenters. The minimum Gasteiger partial charge on any atom is -0.481 e. The Morgan fingerprint density at radius 3 is 1.17 bits per heavy atom. The molecule has 0 aliphatic carbocycles. The molecule has 0 aromatic carbocycles. The highest BCUT2D eigenvalue weighted by molar-refractivity contribution is 5.69. The fourth-order valence-corrected chi connectivity index (χ4v) is 6.42. The fourth-order valence-electron chi connectivity index (χ4n) is 6.42. The number of esters is 1. The van der Waals surface area contributed by atoms with Gasteiger partial charge in [0.25, 0.3) is 0 Å². The van der Waals surface area contributed by atoms with Gasteiger partial charge in [-0.3, -0.25) is 9.59 Å². The zero-order chi connectivity index (χ0) is 33.6. The predicted molar refractivity (Wildman–Crippen MR) is 200 cm³/mol. The lowest BCUT2D eigenvalue weighted by molar-refractivity contribution is -0.150. The number of carbonyl (C=O) groups is 2. The van der Waals surface area contributed by atoms with Gasteiger partial charge in [-0.1, -0.05) is 174 Å². The molecule has 0 aromatic heterocycles. The molecule has 0 rings (SSSR count). The summed E-state index contributed by atoms with van der Waals surface area (Å²) in [7, 11) is 0. The third kappa shape index (κ3) is 37.1. The molecule has 1 N–H and O–H groups in total. The Bertz CT molecular complexity index is 658. The molecule has 0 aliphatic rings. The summed E-state index contributed by atoms with van der Waals surface area (Å²) in [6.45, 7) is 4.56. The van der Waals surface area contributed by atoms with Crippen molar-refractivity contribution in [2.45, 2.75) is 245 Å². The molecule has 0 aromatic rings. The van der Waals surface area contributed by atoms with Crippen LogP contribution in [0.4, 0.5) is 0 Å². The standard InChI is InChI=1S/C42H80O4/c1-3-5-7-9-11-13-21-25-29-33-37-40(36-32-28-24-20-12-10-8-6-4-2)46-42(45)39-35-31-27-23-19-17-15-14-16-18-22-26-30-34-38-41(43)44/h14-15,40H,3-13,16-39H2,1-2H3,(H,43,44). The Labute approximate surface area is 287 Å². The quantitative estimate of drug-likeness (QED) is 0.0411. The van der Waals surface area contributed by atoms with Gasteiger partial charge in [0, 0.05) is 12.8 Å². The van der Waals surface area contributed by atoms with E-state index in [0.717, 1.165) is 57.8 Å². The maximum Gasteiger partial charge on any atom is 0.306 e. The maximum atomic E-state index is 12.7. The van der Waals surface area contributed by atoms with E-state index in [1.54, 1.807) is 0 Å². The van der Waals surface area contributed by atoms with Crippen molar-refractivity contribution in [1.29, 1.82) is 0 Å². The highest BCUT2D eigenvalue weighted by atomic mass is 16.5. The zero-order valence-electron chi connectivity index (χ0n) is 31.2. The van der Waals surface area contributed by atoms with E-state index in [-0.39, 0.29) is 12.1 Å². The van der Waals surface area contributed by atoms with Gasteiger partial charge in [0.15, 0.2) is 0 Å². The highest BCUT2D eigenvalue weighted by Crippen LogP contribution is 2.19. The number of allylic oxidation sites excluding steroid dienone is 2. The highest BCUT2D eigenvalue weighted by Gasteiger charge is 2.14. The number of hydrogen-bond acceptors (Lipinski definition) is 3. The van der Waals surface area contributed by atoms with Crippen LogP contribution < -0.4 is 0 Å². The Morgan fingerprint density at radius 2 is 0.783 bits per heavy atom. The summed E-state index contributed by atoms with van der Waals surface area (Å²) < 4.78 is 6.06. The van der Waals surface area contributed by atoms with Crippen molar-refractivity contribution in [2.24, 2.45) is 0 Å². The summed E-state index contributed by atoms with van der Waals surface area (Å²) in [5.41, 5.74) is 0. The van der Waals surface area contributed by atoms with Gasteiger partial charge in [-0.15, -0.1) is 0 Å². The van der Waals surface area contributed by atoms with Crippen LogP contribution in [0, 0.1) is 0 Å². The van der Waals surface area contributed by atoms with E-state index >= 15 is 0 Å². The molecule has 0 fully saturated rings. The normalized spacial score (nSPS) is 12.2. The number of aliphatic carboxylic acids is 1. The van der Waals surface area contributed by atoms with Crippen LogP contribution >= 0.6 is 0 Å². The Hall–Kier alpha value is -1.32. The van der Waals surface area contributed by atoms with E-state index in [2.05, 4.69) is 26.0 Å². The molecular formula is C42H80O4. The van der Waals surface area contributed by atoms with Gasteiger partial charge >= 0.3 is 11.9 Å². The molecule has 0 bridgehead atoms. The van der Waals surface area contributed by atoms with E-state index in [0.29, 0.717) is 12.8 Å². The molecule has 0 saturated heterocycles. The van der Waals surface area contributed by atoms with Gasteiger partial charge in [0.2, 0.25) is 0 Å². The van der Waals surface area contributed by atoms with Gasteiger partial charge in [-0.2, -0.15) is 0 Å². The summed E-state index contributed by atoms with van der Waals surface area (Å²) in [6.07, 6.45) is 46.8. The molecule has 4 nitrogen and oxygen atoms in total. The molecule has 272 valence electrons. The molecule has 0 radical (unpaired) electrons. The van der Waals surface area contributed by atoms with Crippen molar-refractivity contribution >= 4 is 11.9 Å². The lowest BCUT2D eigenvalue weighted by Crippen LogP contribution is -2.18. The molecule has 4 heteroatoms. The van der Waals surface area contributed by atoms with E-state index in [9.17, 15) is 9.59 Å². The first-order valence-electron chi connectivity index (χ1n) is 20.7. The Kier molecular flexibility index (Phi) is 37.0. The largest absolute Gasteiger partial charge is 0.481 e. The van der Waals surface area contributed by atoms with E-state index in [1.807, 2.05) is 0 Å². The van der Waals surface area contributed by atoms with Gasteiger partial charge in [0.1, 0.15) is 6.10 Å². The second-order valence-corrected chi connectivity index (χ2v) is 14.2. The first-order chi connectivity index (χ1) is 22.6. The number of unbranched alkanes of at least 4 members (excludes halogenated alkanes) is 27. The van der Waals surface area contributed by atoms with E-state index < -0.39 is 5.97 Å². The third-order valence-electron chi connectivity index (χ3n) is 9.49. The van der Waals surface area contributed by atoms with E-state index in [1.165, 1.54) is 154 Å². The number of rotatable bonds is 38. The van der Waals surface area contributed by atoms with Crippen LogP contribution in [0.3, 0.4) is 0 Å². The Balaban J connectivity index is 3.99. The molecule has 0 saturated carbocycles. The average molecular weight is 649 g/mol. The predicted octanol–water partition coefficient (Wildman–Crippen LogP) is 14.2. The molecule has 46 heavy (non-hydrogen) atoms. The lowest BCUT2D eigenvalue weighted by Gasteiger charge is -2.18. The fraction of sp³-hybridized carbons (Fsp3) is 0.905. The minimum absolute atomic E-state index is 0.0397.